The zero-order valence-corrected chi connectivity index (χ0v) is 6.83. The molecule has 0 rings (SSSR count). The number of carbonyl (C=O) groups excluding carboxylic acids is 1. The molecule has 0 saturated carbocycles. The topological polar surface area (TPSA) is 26.3 Å². The lowest BCUT2D eigenvalue weighted by atomic mass is 10.2. The van der Waals surface area contributed by atoms with Crippen LogP contribution in [0.15, 0.2) is 0 Å². The molecule has 0 fully saturated rings. The monoisotopic (exact) mass is 186 g/mol. The highest BCUT2D eigenvalue weighted by Gasteiger charge is 2.34. The predicted octanol–water partition coefficient (Wildman–Crippen LogP) is 1.81. The molecule has 0 N–H and O–H groups in total. The van der Waals surface area contributed by atoms with E-state index in [1.807, 2.05) is 0 Å². The van der Waals surface area contributed by atoms with E-state index in [-0.39, 0.29) is 12.8 Å². The fraction of sp³-hybridized carbons (Fsp3) is 0.833. The van der Waals surface area contributed by atoms with Gasteiger partial charge in [0.2, 0.25) is 5.78 Å². The molecule has 0 spiro atoms. The normalized spacial score (nSPS) is 11.6. The summed E-state index contributed by atoms with van der Waals surface area (Å²) in [6.45, 7) is 0.290. The van der Waals surface area contributed by atoms with Gasteiger partial charge in [0.05, 0.1) is 0 Å². The van der Waals surface area contributed by atoms with Gasteiger partial charge in [-0.25, -0.2) is 0 Å². The van der Waals surface area contributed by atoms with Crippen molar-refractivity contribution >= 4 is 17.4 Å². The van der Waals surface area contributed by atoms with Crippen LogP contribution >= 0.6 is 11.6 Å². The van der Waals surface area contributed by atoms with Crippen molar-refractivity contribution < 1.29 is 18.3 Å². The van der Waals surface area contributed by atoms with Gasteiger partial charge < -0.3 is 4.74 Å². The fourth-order valence-electron chi connectivity index (χ4n) is 0.519. The van der Waals surface area contributed by atoms with Gasteiger partial charge in [-0.1, -0.05) is 0 Å². The van der Waals surface area contributed by atoms with Crippen LogP contribution in [-0.4, -0.2) is 24.9 Å². The van der Waals surface area contributed by atoms with Crippen LogP contribution in [0.3, 0.4) is 0 Å². The first-order valence-corrected chi connectivity index (χ1v) is 3.45. The molecule has 0 radical (unpaired) electrons. The van der Waals surface area contributed by atoms with Crippen molar-refractivity contribution in [1.29, 1.82) is 0 Å². The van der Waals surface area contributed by atoms with Crippen molar-refractivity contribution in [1.82, 2.24) is 0 Å². The van der Waals surface area contributed by atoms with Crippen LogP contribution in [-0.2, 0) is 9.53 Å². The quantitative estimate of drug-likeness (QED) is 0.484. The zero-order valence-electron chi connectivity index (χ0n) is 6.07. The number of rotatable bonds is 5. The predicted molar refractivity (Wildman–Crippen MR) is 36.9 cm³/mol. The summed E-state index contributed by atoms with van der Waals surface area (Å²) in [6, 6.07) is 0. The zero-order chi connectivity index (χ0) is 8.91. The minimum Gasteiger partial charge on any atom is -0.385 e. The number of ether oxygens (including phenoxy) is 1. The summed E-state index contributed by atoms with van der Waals surface area (Å²) < 4.78 is 28.4. The van der Waals surface area contributed by atoms with E-state index >= 15 is 0 Å². The van der Waals surface area contributed by atoms with Crippen LogP contribution in [0, 0.1) is 0 Å². The molecule has 66 valence electrons. The second-order valence-corrected chi connectivity index (χ2v) is 2.49. The number of ketones is 1. The standard InChI is InChI=1S/C6H9ClF2O2/c1-11-4-2-3-5(10)6(7,8)9/h2-4H2,1H3. The summed E-state index contributed by atoms with van der Waals surface area (Å²) in [4.78, 5) is 10.4. The van der Waals surface area contributed by atoms with Crippen molar-refractivity contribution in [3.8, 4) is 0 Å². The van der Waals surface area contributed by atoms with Crippen molar-refractivity contribution in [2.45, 2.75) is 18.2 Å². The lowest BCUT2D eigenvalue weighted by Gasteiger charge is -2.04. The van der Waals surface area contributed by atoms with Crippen LogP contribution in [0.2, 0.25) is 0 Å². The number of carbonyl (C=O) groups is 1. The third-order valence-corrected chi connectivity index (χ3v) is 1.28. The van der Waals surface area contributed by atoms with E-state index in [0.29, 0.717) is 6.61 Å². The summed E-state index contributed by atoms with van der Waals surface area (Å²) in [6.07, 6.45) is 0.0297. The molecule has 0 aliphatic rings. The average Bonchev–Trinajstić information content (AvgIpc) is 1.86. The Bertz CT molecular complexity index is 133. The third kappa shape index (κ3) is 5.09. The molecule has 0 unspecified atom stereocenters. The Morgan fingerprint density at radius 3 is 2.55 bits per heavy atom. The van der Waals surface area contributed by atoms with E-state index in [2.05, 4.69) is 16.3 Å². The van der Waals surface area contributed by atoms with E-state index in [0.717, 1.165) is 0 Å². The molecule has 0 aromatic rings. The van der Waals surface area contributed by atoms with Crippen molar-refractivity contribution in [3.63, 3.8) is 0 Å². The Morgan fingerprint density at radius 1 is 1.64 bits per heavy atom. The minimum atomic E-state index is -3.71. The number of hydrogen-bond acceptors (Lipinski definition) is 2. The van der Waals surface area contributed by atoms with Gasteiger partial charge in [-0.2, -0.15) is 8.78 Å². The van der Waals surface area contributed by atoms with Gasteiger partial charge in [-0.05, 0) is 18.0 Å². The van der Waals surface area contributed by atoms with E-state index < -0.39 is 11.2 Å². The van der Waals surface area contributed by atoms with Gasteiger partial charge in [0.25, 0.3) is 0 Å². The van der Waals surface area contributed by atoms with E-state index in [1.54, 1.807) is 0 Å². The van der Waals surface area contributed by atoms with Crippen molar-refractivity contribution in [2.24, 2.45) is 0 Å². The van der Waals surface area contributed by atoms with Crippen molar-refractivity contribution in [2.75, 3.05) is 13.7 Å². The first kappa shape index (κ1) is 10.8. The molecule has 0 aromatic carbocycles. The fourth-order valence-corrected chi connectivity index (χ4v) is 0.613. The number of hydrogen-bond donors (Lipinski definition) is 0. The van der Waals surface area contributed by atoms with Crippen molar-refractivity contribution in [3.05, 3.63) is 0 Å². The summed E-state index contributed by atoms with van der Waals surface area (Å²) in [5, 5.41) is -3.71. The molecule has 11 heavy (non-hydrogen) atoms. The summed E-state index contributed by atoms with van der Waals surface area (Å²) >= 11 is 4.44. The molecule has 5 heteroatoms. The average molecular weight is 187 g/mol. The highest BCUT2D eigenvalue weighted by atomic mass is 35.5. The summed E-state index contributed by atoms with van der Waals surface area (Å²) in [5.41, 5.74) is 0. The van der Waals surface area contributed by atoms with Crippen LogP contribution < -0.4 is 0 Å². The Kier molecular flexibility index (Phi) is 4.52. The lowest BCUT2D eigenvalue weighted by Crippen LogP contribution is -2.21. The molecule has 0 aliphatic heterocycles. The first-order valence-electron chi connectivity index (χ1n) is 3.07. The molecule has 0 bridgehead atoms. The van der Waals surface area contributed by atoms with E-state index in [4.69, 9.17) is 0 Å². The van der Waals surface area contributed by atoms with Gasteiger partial charge in [-0.3, -0.25) is 4.79 Å². The van der Waals surface area contributed by atoms with Crippen LogP contribution in [0.4, 0.5) is 8.78 Å². The van der Waals surface area contributed by atoms with E-state index in [1.165, 1.54) is 7.11 Å². The first-order chi connectivity index (χ1) is 4.98. The van der Waals surface area contributed by atoms with Crippen LogP contribution in [0.5, 0.6) is 0 Å². The number of alkyl halides is 3. The molecule has 2 nitrogen and oxygen atoms in total. The highest BCUT2D eigenvalue weighted by Crippen LogP contribution is 2.21. The van der Waals surface area contributed by atoms with Gasteiger partial charge in [0.1, 0.15) is 0 Å². The Labute approximate surface area is 68.5 Å². The second-order valence-electron chi connectivity index (χ2n) is 2.02. The molecule has 0 heterocycles. The Morgan fingerprint density at radius 2 is 2.18 bits per heavy atom. The van der Waals surface area contributed by atoms with Crippen LogP contribution in [0.1, 0.15) is 12.8 Å². The smallest absolute Gasteiger partial charge is 0.380 e. The molecule has 0 amide bonds. The summed E-state index contributed by atoms with van der Waals surface area (Å²) in [7, 11) is 1.43. The van der Waals surface area contributed by atoms with Gasteiger partial charge in [0, 0.05) is 20.1 Å². The maximum absolute atomic E-state index is 11.9. The minimum absolute atomic E-state index is 0.246. The van der Waals surface area contributed by atoms with E-state index in [9.17, 15) is 13.6 Å². The van der Waals surface area contributed by atoms with Gasteiger partial charge in [0.15, 0.2) is 0 Å². The number of Topliss-reactive ketones (excluding diaryl/α,β-unsaturated/α-hetero) is 1. The number of methoxy groups -OCH3 is 1. The Hall–Kier alpha value is -0.220. The van der Waals surface area contributed by atoms with Crippen LogP contribution in [0.25, 0.3) is 0 Å². The molecule has 0 aliphatic carbocycles. The Balaban J connectivity index is 3.54. The molecule has 0 aromatic heterocycles. The largest absolute Gasteiger partial charge is 0.385 e. The molecule has 0 atom stereocenters. The van der Waals surface area contributed by atoms with Gasteiger partial charge >= 0.3 is 5.38 Å². The second kappa shape index (κ2) is 4.62. The SMILES string of the molecule is COCCCC(=O)C(F)(F)Cl. The maximum atomic E-state index is 11.9. The van der Waals surface area contributed by atoms with Gasteiger partial charge in [-0.15, -0.1) is 0 Å². The molecule has 0 saturated heterocycles. The molecular weight excluding hydrogens is 178 g/mol. The highest BCUT2D eigenvalue weighted by molar-refractivity contribution is 6.32. The molecular formula is C6H9ClF2O2. The third-order valence-electron chi connectivity index (χ3n) is 1.07. The maximum Gasteiger partial charge on any atom is 0.380 e. The lowest BCUT2D eigenvalue weighted by molar-refractivity contribution is -0.133. The number of halogens is 3. The summed E-state index contributed by atoms with van der Waals surface area (Å²) in [5.74, 6) is -1.25.